The average molecular weight is 334 g/mol. The third-order valence-corrected chi connectivity index (χ3v) is 3.81. The van der Waals surface area contributed by atoms with Crippen LogP contribution in [0, 0.1) is 0 Å². The van der Waals surface area contributed by atoms with E-state index in [0.717, 1.165) is 17.7 Å². The molecule has 0 aromatic heterocycles. The van der Waals surface area contributed by atoms with Crippen molar-refractivity contribution in [3.63, 3.8) is 0 Å². The number of ether oxygens (including phenoxy) is 2. The molecule has 0 spiro atoms. The Morgan fingerprint density at radius 2 is 1.83 bits per heavy atom. The fraction of sp³-hybridized carbons (Fsp3) is 0.278. The highest BCUT2D eigenvalue weighted by Crippen LogP contribution is 2.23. The van der Waals surface area contributed by atoms with Gasteiger partial charge in [-0.2, -0.15) is 0 Å². The van der Waals surface area contributed by atoms with E-state index < -0.39 is 6.10 Å². The fourth-order valence-corrected chi connectivity index (χ4v) is 2.32. The summed E-state index contributed by atoms with van der Waals surface area (Å²) in [5.74, 6) is 1.15. The van der Waals surface area contributed by atoms with Crippen molar-refractivity contribution in [2.24, 2.45) is 0 Å². The summed E-state index contributed by atoms with van der Waals surface area (Å²) < 4.78 is 10.8. The maximum absolute atomic E-state index is 12.2. The molecule has 1 atom stereocenters. The van der Waals surface area contributed by atoms with Crippen molar-refractivity contribution < 1.29 is 14.3 Å². The number of methoxy groups -OCH3 is 1. The minimum absolute atomic E-state index is 0.219. The molecule has 4 nitrogen and oxygen atoms in total. The first-order chi connectivity index (χ1) is 11.0. The number of hydrogen-bond acceptors (Lipinski definition) is 3. The molecule has 0 aliphatic rings. The fourth-order valence-electron chi connectivity index (χ4n) is 2.07. The number of anilines is 1. The summed E-state index contributed by atoms with van der Waals surface area (Å²) in [6.07, 6.45) is 0.186. The van der Waals surface area contributed by atoms with Crippen molar-refractivity contribution in [1.29, 1.82) is 0 Å². The van der Waals surface area contributed by atoms with Gasteiger partial charge in [0.15, 0.2) is 6.10 Å². The second kappa shape index (κ2) is 7.88. The molecule has 0 aliphatic carbocycles. The molecule has 122 valence electrons. The molecule has 1 N–H and O–H groups in total. The Morgan fingerprint density at radius 1 is 1.17 bits per heavy atom. The van der Waals surface area contributed by atoms with Crippen LogP contribution < -0.4 is 14.8 Å². The normalized spacial score (nSPS) is 11.7. The summed E-state index contributed by atoms with van der Waals surface area (Å²) in [7, 11) is 1.60. The number of halogens is 1. The van der Waals surface area contributed by atoms with Gasteiger partial charge in [-0.25, -0.2) is 0 Å². The van der Waals surface area contributed by atoms with E-state index in [1.165, 1.54) is 0 Å². The Hall–Kier alpha value is -2.20. The van der Waals surface area contributed by atoms with Crippen LogP contribution >= 0.6 is 11.6 Å². The van der Waals surface area contributed by atoms with Crippen molar-refractivity contribution in [1.82, 2.24) is 0 Å². The topological polar surface area (TPSA) is 47.6 Å². The van der Waals surface area contributed by atoms with Gasteiger partial charge in [0.1, 0.15) is 11.5 Å². The lowest BCUT2D eigenvalue weighted by atomic mass is 10.1. The number of carbonyl (C=O) groups is 1. The molecule has 0 aliphatic heterocycles. The Labute approximate surface area is 141 Å². The van der Waals surface area contributed by atoms with E-state index in [1.54, 1.807) is 50.4 Å². The average Bonchev–Trinajstić information content (AvgIpc) is 2.57. The summed E-state index contributed by atoms with van der Waals surface area (Å²) in [5.41, 5.74) is 1.68. The maximum atomic E-state index is 12.2. The molecule has 0 heterocycles. The quantitative estimate of drug-likeness (QED) is 0.856. The third-order valence-electron chi connectivity index (χ3n) is 3.44. The van der Waals surface area contributed by atoms with E-state index in [4.69, 9.17) is 21.1 Å². The van der Waals surface area contributed by atoms with E-state index >= 15 is 0 Å². The van der Waals surface area contributed by atoms with Crippen LogP contribution in [0.5, 0.6) is 11.5 Å². The summed E-state index contributed by atoms with van der Waals surface area (Å²) in [4.78, 5) is 12.2. The summed E-state index contributed by atoms with van der Waals surface area (Å²) in [6.45, 7) is 3.73. The molecular formula is C18H20ClNO3. The highest BCUT2D eigenvalue weighted by molar-refractivity contribution is 6.31. The van der Waals surface area contributed by atoms with Crippen LogP contribution in [0.25, 0.3) is 0 Å². The molecule has 0 bridgehead atoms. The van der Waals surface area contributed by atoms with Crippen molar-refractivity contribution in [2.45, 2.75) is 26.4 Å². The number of hydrogen-bond donors (Lipinski definition) is 1. The lowest BCUT2D eigenvalue weighted by Crippen LogP contribution is -2.30. The van der Waals surface area contributed by atoms with Gasteiger partial charge in [0.05, 0.1) is 7.11 Å². The van der Waals surface area contributed by atoms with Crippen LogP contribution in [-0.2, 0) is 11.2 Å². The molecule has 23 heavy (non-hydrogen) atoms. The summed E-state index contributed by atoms with van der Waals surface area (Å²) in [5, 5.41) is 3.51. The van der Waals surface area contributed by atoms with Crippen LogP contribution in [0.2, 0.25) is 5.02 Å². The van der Waals surface area contributed by atoms with E-state index in [-0.39, 0.29) is 5.91 Å². The summed E-state index contributed by atoms with van der Waals surface area (Å²) >= 11 is 6.08. The van der Waals surface area contributed by atoms with Gasteiger partial charge in [0.2, 0.25) is 0 Å². The van der Waals surface area contributed by atoms with Crippen LogP contribution in [0.1, 0.15) is 19.4 Å². The molecule has 0 fully saturated rings. The zero-order valence-electron chi connectivity index (χ0n) is 13.4. The van der Waals surface area contributed by atoms with Gasteiger partial charge in [-0.1, -0.05) is 18.5 Å². The lowest BCUT2D eigenvalue weighted by molar-refractivity contribution is -0.122. The standard InChI is InChI=1S/C18H20ClNO3/c1-4-13-11-16(9-10-17(13)19)23-12(2)18(21)20-14-5-7-15(22-3)8-6-14/h5-12H,4H2,1-3H3,(H,20,21). The number of rotatable bonds is 6. The second-order valence-corrected chi connectivity index (χ2v) is 5.49. The predicted molar refractivity (Wildman–Crippen MR) is 92.5 cm³/mol. The van der Waals surface area contributed by atoms with Crippen molar-refractivity contribution in [3.8, 4) is 11.5 Å². The maximum Gasteiger partial charge on any atom is 0.265 e. The van der Waals surface area contributed by atoms with Gasteiger partial charge in [-0.05, 0) is 61.4 Å². The zero-order chi connectivity index (χ0) is 16.8. The number of amides is 1. The largest absolute Gasteiger partial charge is 0.497 e. The van der Waals surface area contributed by atoms with Gasteiger partial charge in [-0.3, -0.25) is 4.79 Å². The van der Waals surface area contributed by atoms with Gasteiger partial charge in [0.25, 0.3) is 5.91 Å². The summed E-state index contributed by atoms with van der Waals surface area (Å²) in [6, 6.07) is 12.5. The SMILES string of the molecule is CCc1cc(OC(C)C(=O)Nc2ccc(OC)cc2)ccc1Cl. The molecule has 2 aromatic rings. The molecule has 0 saturated carbocycles. The van der Waals surface area contributed by atoms with Gasteiger partial charge in [0, 0.05) is 10.7 Å². The third kappa shape index (κ3) is 4.63. The molecule has 1 amide bonds. The van der Waals surface area contributed by atoms with Crippen LogP contribution in [0.3, 0.4) is 0 Å². The molecule has 2 aromatic carbocycles. The minimum Gasteiger partial charge on any atom is -0.497 e. The van der Waals surface area contributed by atoms with Crippen LogP contribution in [0.4, 0.5) is 5.69 Å². The molecule has 0 radical (unpaired) electrons. The van der Waals surface area contributed by atoms with E-state index in [0.29, 0.717) is 16.5 Å². The van der Waals surface area contributed by atoms with Crippen LogP contribution in [0.15, 0.2) is 42.5 Å². The minimum atomic E-state index is -0.622. The second-order valence-electron chi connectivity index (χ2n) is 5.08. The molecule has 2 rings (SSSR count). The van der Waals surface area contributed by atoms with E-state index in [2.05, 4.69) is 5.32 Å². The first-order valence-corrected chi connectivity index (χ1v) is 7.81. The monoisotopic (exact) mass is 333 g/mol. The molecule has 0 saturated heterocycles. The lowest BCUT2D eigenvalue weighted by Gasteiger charge is -2.16. The number of aryl methyl sites for hydroxylation is 1. The van der Waals surface area contributed by atoms with Crippen molar-refractivity contribution in [2.75, 3.05) is 12.4 Å². The number of nitrogens with one attached hydrogen (secondary N) is 1. The Bertz CT molecular complexity index is 670. The zero-order valence-corrected chi connectivity index (χ0v) is 14.2. The van der Waals surface area contributed by atoms with Gasteiger partial charge < -0.3 is 14.8 Å². The number of carbonyl (C=O) groups excluding carboxylic acids is 1. The van der Waals surface area contributed by atoms with E-state index in [1.807, 2.05) is 13.0 Å². The highest BCUT2D eigenvalue weighted by Gasteiger charge is 2.15. The Kier molecular flexibility index (Phi) is 5.88. The van der Waals surface area contributed by atoms with Gasteiger partial charge >= 0.3 is 0 Å². The van der Waals surface area contributed by atoms with Gasteiger partial charge in [-0.15, -0.1) is 0 Å². The highest BCUT2D eigenvalue weighted by atomic mass is 35.5. The predicted octanol–water partition coefficient (Wildman–Crippen LogP) is 4.32. The molecule has 5 heteroatoms. The molecule has 1 unspecified atom stereocenters. The Balaban J connectivity index is 1.99. The van der Waals surface area contributed by atoms with Crippen molar-refractivity contribution in [3.05, 3.63) is 53.1 Å². The number of benzene rings is 2. The smallest absolute Gasteiger partial charge is 0.265 e. The van der Waals surface area contributed by atoms with Crippen LogP contribution in [-0.4, -0.2) is 19.1 Å². The van der Waals surface area contributed by atoms with Crippen molar-refractivity contribution >= 4 is 23.2 Å². The first kappa shape index (κ1) is 17.2. The van der Waals surface area contributed by atoms with E-state index in [9.17, 15) is 4.79 Å². The first-order valence-electron chi connectivity index (χ1n) is 7.43. The molecular weight excluding hydrogens is 314 g/mol. The Morgan fingerprint density at radius 3 is 2.43 bits per heavy atom.